The number of nitrogens with two attached hydrogens (primary N) is 1. The molecule has 0 saturated carbocycles. The third-order valence-corrected chi connectivity index (χ3v) is 1.91. The van der Waals surface area contributed by atoms with E-state index in [0.717, 1.165) is 0 Å². The molecule has 1 heterocycles. The number of rotatable bonds is 2. The van der Waals surface area contributed by atoms with Gasteiger partial charge in [-0.25, -0.2) is 4.79 Å². The summed E-state index contributed by atoms with van der Waals surface area (Å²) < 4.78 is 5.68. The molecule has 0 atom stereocenters. The van der Waals surface area contributed by atoms with Gasteiger partial charge in [-0.2, -0.15) is 0 Å². The maximum atomic E-state index is 11.2. The molecule has 0 aromatic rings. The first-order valence-corrected chi connectivity index (χ1v) is 4.83. The zero-order valence-corrected chi connectivity index (χ0v) is 9.04. The van der Waals surface area contributed by atoms with E-state index in [-0.39, 0.29) is 24.4 Å². The van der Waals surface area contributed by atoms with Crippen LogP contribution in [0.25, 0.3) is 0 Å². The lowest BCUT2D eigenvalue weighted by molar-refractivity contribution is -0.111. The average molecular weight is 201 g/mol. The predicted molar refractivity (Wildman–Crippen MR) is 53.8 cm³/mol. The van der Waals surface area contributed by atoms with Gasteiger partial charge >= 0.3 is 6.03 Å². The Kier molecular flexibility index (Phi) is 3.34. The molecule has 14 heavy (non-hydrogen) atoms. The van der Waals surface area contributed by atoms with Gasteiger partial charge < -0.3 is 20.7 Å². The second-order valence-corrected chi connectivity index (χ2v) is 4.44. The number of ether oxygens (including phenoxy) is 1. The molecule has 0 spiro atoms. The molecule has 0 aromatic carbocycles. The summed E-state index contributed by atoms with van der Waals surface area (Å²) >= 11 is 0. The molecular weight excluding hydrogens is 182 g/mol. The zero-order valence-electron chi connectivity index (χ0n) is 9.04. The maximum Gasteiger partial charge on any atom is 0.318 e. The van der Waals surface area contributed by atoms with Crippen LogP contribution in [0.3, 0.4) is 0 Å². The Hall–Kier alpha value is -0.810. The van der Waals surface area contributed by atoms with Crippen molar-refractivity contribution in [1.82, 2.24) is 10.2 Å². The summed E-state index contributed by atoms with van der Waals surface area (Å²) in [6, 6.07) is -0.110. The fourth-order valence-electron chi connectivity index (χ4n) is 1.38. The Morgan fingerprint density at radius 2 is 2.14 bits per heavy atom. The number of carbonyl (C=O) groups excluding carboxylic acids is 1. The van der Waals surface area contributed by atoms with E-state index in [1.807, 2.05) is 20.8 Å². The van der Waals surface area contributed by atoms with Crippen LogP contribution in [0.5, 0.6) is 0 Å². The summed E-state index contributed by atoms with van der Waals surface area (Å²) in [5, 5.41) is 2.54. The second kappa shape index (κ2) is 4.14. The van der Waals surface area contributed by atoms with Crippen molar-refractivity contribution < 1.29 is 9.53 Å². The molecule has 1 fully saturated rings. The highest BCUT2D eigenvalue weighted by molar-refractivity contribution is 5.75. The normalized spacial score (nSPS) is 17.9. The first kappa shape index (κ1) is 11.3. The molecule has 0 radical (unpaired) electrons. The fraction of sp³-hybridized carbons (Fsp3) is 0.889. The summed E-state index contributed by atoms with van der Waals surface area (Å²) in [7, 11) is 0. The Morgan fingerprint density at radius 1 is 1.57 bits per heavy atom. The van der Waals surface area contributed by atoms with Crippen LogP contribution in [-0.4, -0.2) is 42.4 Å². The van der Waals surface area contributed by atoms with Crippen molar-refractivity contribution in [3.05, 3.63) is 0 Å². The number of nitrogens with one attached hydrogen (secondary N) is 1. The van der Waals surface area contributed by atoms with E-state index < -0.39 is 0 Å². The molecule has 1 saturated heterocycles. The highest BCUT2D eigenvalue weighted by Gasteiger charge is 2.33. The topological polar surface area (TPSA) is 67.6 Å². The van der Waals surface area contributed by atoms with Crippen LogP contribution >= 0.6 is 0 Å². The van der Waals surface area contributed by atoms with Gasteiger partial charge in [-0.05, 0) is 20.8 Å². The molecule has 0 bridgehead atoms. The van der Waals surface area contributed by atoms with Gasteiger partial charge in [0, 0.05) is 0 Å². The monoisotopic (exact) mass is 201 g/mol. The Labute approximate surface area is 84.6 Å². The summed E-state index contributed by atoms with van der Waals surface area (Å²) in [5.74, 6) is 0. The van der Waals surface area contributed by atoms with Gasteiger partial charge in [-0.3, -0.25) is 0 Å². The number of urea groups is 1. The van der Waals surface area contributed by atoms with Crippen molar-refractivity contribution in [2.75, 3.05) is 19.8 Å². The minimum atomic E-state index is -0.138. The van der Waals surface area contributed by atoms with Crippen molar-refractivity contribution in [3.63, 3.8) is 0 Å². The van der Waals surface area contributed by atoms with Gasteiger partial charge in [0.15, 0.2) is 0 Å². The van der Waals surface area contributed by atoms with Gasteiger partial charge in [-0.1, -0.05) is 0 Å². The second-order valence-electron chi connectivity index (χ2n) is 4.44. The fourth-order valence-corrected chi connectivity index (χ4v) is 1.38. The lowest BCUT2D eigenvalue weighted by atomic mass is 10.1. The van der Waals surface area contributed by atoms with E-state index in [4.69, 9.17) is 10.5 Å². The standard InChI is InChI=1S/C9H19N3O2/c1-9(2,3)14-7-4-12(5-7)8(13)11-6-10/h7H,4-6,10H2,1-3H3,(H,11,13). The first-order chi connectivity index (χ1) is 6.42. The van der Waals surface area contributed by atoms with Crippen molar-refractivity contribution in [2.24, 2.45) is 5.73 Å². The third kappa shape index (κ3) is 3.16. The lowest BCUT2D eigenvalue weighted by Crippen LogP contribution is -2.59. The minimum Gasteiger partial charge on any atom is -0.369 e. The Morgan fingerprint density at radius 3 is 2.57 bits per heavy atom. The molecule has 0 aliphatic carbocycles. The highest BCUT2D eigenvalue weighted by Crippen LogP contribution is 2.18. The number of nitrogens with zero attached hydrogens (tertiary/aromatic N) is 1. The predicted octanol–water partition coefficient (Wildman–Crippen LogP) is 0.112. The molecule has 0 unspecified atom stereocenters. The quantitative estimate of drug-likeness (QED) is 0.623. The van der Waals surface area contributed by atoms with Crippen molar-refractivity contribution in [1.29, 1.82) is 0 Å². The van der Waals surface area contributed by atoms with E-state index >= 15 is 0 Å². The van der Waals surface area contributed by atoms with Crippen LogP contribution in [0.4, 0.5) is 4.79 Å². The van der Waals surface area contributed by atoms with Gasteiger partial charge in [0.2, 0.25) is 0 Å². The van der Waals surface area contributed by atoms with Crippen LogP contribution in [0, 0.1) is 0 Å². The molecule has 82 valence electrons. The van der Waals surface area contributed by atoms with Gasteiger partial charge in [0.05, 0.1) is 31.5 Å². The van der Waals surface area contributed by atoms with Gasteiger partial charge in [0.25, 0.3) is 0 Å². The Bertz CT molecular complexity index is 207. The van der Waals surface area contributed by atoms with Crippen molar-refractivity contribution in [3.8, 4) is 0 Å². The molecule has 1 aliphatic heterocycles. The number of hydrogen-bond acceptors (Lipinski definition) is 3. The summed E-state index contributed by atoms with van der Waals surface area (Å²) in [5.41, 5.74) is 5.05. The van der Waals surface area contributed by atoms with Crippen molar-refractivity contribution >= 4 is 6.03 Å². The summed E-state index contributed by atoms with van der Waals surface area (Å²) in [6.07, 6.45) is 0.165. The lowest BCUT2D eigenvalue weighted by Gasteiger charge is -2.41. The average Bonchev–Trinajstić information content (AvgIpc) is 1.94. The van der Waals surface area contributed by atoms with Gasteiger partial charge in [-0.15, -0.1) is 0 Å². The maximum absolute atomic E-state index is 11.2. The molecule has 0 aromatic heterocycles. The molecule has 1 aliphatic rings. The Balaban J connectivity index is 2.20. The molecule has 2 amide bonds. The molecule has 5 nitrogen and oxygen atoms in total. The molecule has 5 heteroatoms. The first-order valence-electron chi connectivity index (χ1n) is 4.83. The smallest absolute Gasteiger partial charge is 0.318 e. The molecule has 3 N–H and O–H groups in total. The van der Waals surface area contributed by atoms with E-state index in [9.17, 15) is 4.79 Å². The number of amides is 2. The third-order valence-electron chi connectivity index (χ3n) is 1.91. The zero-order chi connectivity index (χ0) is 10.8. The van der Waals surface area contributed by atoms with E-state index in [1.54, 1.807) is 4.90 Å². The molecular formula is C9H19N3O2. The van der Waals surface area contributed by atoms with Crippen LogP contribution in [0.1, 0.15) is 20.8 Å². The largest absolute Gasteiger partial charge is 0.369 e. The minimum absolute atomic E-state index is 0.110. The van der Waals surface area contributed by atoms with Crippen LogP contribution < -0.4 is 11.1 Å². The SMILES string of the molecule is CC(C)(C)OC1CN(C(=O)NCN)C1. The number of carbonyl (C=O) groups is 1. The van der Waals surface area contributed by atoms with E-state index in [1.165, 1.54) is 0 Å². The van der Waals surface area contributed by atoms with Crippen LogP contribution in [0.15, 0.2) is 0 Å². The highest BCUT2D eigenvalue weighted by atomic mass is 16.5. The van der Waals surface area contributed by atoms with Crippen LogP contribution in [0.2, 0.25) is 0 Å². The summed E-state index contributed by atoms with van der Waals surface area (Å²) in [4.78, 5) is 12.9. The van der Waals surface area contributed by atoms with Crippen molar-refractivity contribution in [2.45, 2.75) is 32.5 Å². The molecule has 1 rings (SSSR count). The van der Waals surface area contributed by atoms with E-state index in [0.29, 0.717) is 13.1 Å². The number of hydrogen-bond donors (Lipinski definition) is 2. The van der Waals surface area contributed by atoms with E-state index in [2.05, 4.69) is 5.32 Å². The van der Waals surface area contributed by atoms with Gasteiger partial charge in [0.1, 0.15) is 0 Å². The summed E-state index contributed by atoms with van der Waals surface area (Å²) in [6.45, 7) is 7.52. The number of likely N-dealkylation sites (tertiary alicyclic amines) is 1. The van der Waals surface area contributed by atoms with Crippen LogP contribution in [-0.2, 0) is 4.74 Å².